The summed E-state index contributed by atoms with van der Waals surface area (Å²) in [7, 11) is 2.46. The van der Waals surface area contributed by atoms with Crippen LogP contribution in [0, 0.1) is 0 Å². The van der Waals surface area contributed by atoms with Crippen LogP contribution in [0.25, 0.3) is 0 Å². The van der Waals surface area contributed by atoms with Gasteiger partial charge < -0.3 is 19.5 Å². The molecule has 0 bridgehead atoms. The first-order chi connectivity index (χ1) is 16.0. The number of rotatable bonds is 9. The van der Waals surface area contributed by atoms with Crippen LogP contribution in [0.15, 0.2) is 77.7 Å². The molecule has 33 heavy (non-hydrogen) atoms. The van der Waals surface area contributed by atoms with Gasteiger partial charge in [-0.3, -0.25) is 4.79 Å². The molecule has 0 heterocycles. The summed E-state index contributed by atoms with van der Waals surface area (Å²) < 4.78 is 15.2. The summed E-state index contributed by atoms with van der Waals surface area (Å²) in [4.78, 5) is 37.7. The Morgan fingerprint density at radius 3 is 1.97 bits per heavy atom. The minimum atomic E-state index is -0.636. The molecule has 0 aromatic heterocycles. The van der Waals surface area contributed by atoms with Gasteiger partial charge in [-0.2, -0.15) is 0 Å². The molecule has 1 amide bonds. The SMILES string of the molecule is COC(=O)c1cc(NC(=O)c2ccc(OCCSc3ccccc3)cc2)cc(C(=O)OC)c1. The fraction of sp³-hybridized carbons (Fsp3) is 0.160. The predicted octanol–water partition coefficient (Wildman–Crippen LogP) is 4.68. The Kier molecular flexibility index (Phi) is 8.49. The standard InChI is InChI=1S/C25H23NO6S/c1-30-24(28)18-14-19(25(29)31-2)16-20(15-18)26-23(27)17-8-10-21(11-9-17)32-12-13-33-22-6-4-3-5-7-22/h3-11,14-16H,12-13H2,1-2H3,(H,26,27). The van der Waals surface area contributed by atoms with Gasteiger partial charge in [0.25, 0.3) is 5.91 Å². The molecule has 0 unspecified atom stereocenters. The summed E-state index contributed by atoms with van der Waals surface area (Å²) in [5.74, 6) is -0.225. The summed E-state index contributed by atoms with van der Waals surface area (Å²) in [6, 6.07) is 21.0. The largest absolute Gasteiger partial charge is 0.493 e. The highest BCUT2D eigenvalue weighted by molar-refractivity contribution is 7.99. The molecular formula is C25H23NO6S. The van der Waals surface area contributed by atoms with E-state index >= 15 is 0 Å². The molecule has 3 aromatic carbocycles. The Bertz CT molecular complexity index is 1080. The van der Waals surface area contributed by atoms with Crippen LogP contribution in [0.1, 0.15) is 31.1 Å². The number of ether oxygens (including phenoxy) is 3. The summed E-state index contributed by atoms with van der Waals surface area (Å²) in [5, 5.41) is 2.69. The number of anilines is 1. The number of methoxy groups -OCH3 is 2. The van der Waals surface area contributed by atoms with Crippen molar-refractivity contribution >= 4 is 35.3 Å². The van der Waals surface area contributed by atoms with E-state index in [1.807, 2.05) is 30.3 Å². The summed E-state index contributed by atoms with van der Waals surface area (Å²) in [6.07, 6.45) is 0. The third-order valence-corrected chi connectivity index (χ3v) is 5.49. The number of hydrogen-bond acceptors (Lipinski definition) is 7. The minimum Gasteiger partial charge on any atom is -0.493 e. The zero-order valence-corrected chi connectivity index (χ0v) is 19.0. The van der Waals surface area contributed by atoms with Gasteiger partial charge in [-0.15, -0.1) is 11.8 Å². The summed E-state index contributed by atoms with van der Waals surface area (Å²) >= 11 is 1.70. The number of nitrogens with one attached hydrogen (secondary N) is 1. The van der Waals surface area contributed by atoms with E-state index < -0.39 is 17.8 Å². The fourth-order valence-corrected chi connectivity index (χ4v) is 3.66. The number of hydrogen-bond donors (Lipinski definition) is 1. The zero-order chi connectivity index (χ0) is 23.6. The maximum Gasteiger partial charge on any atom is 0.337 e. The Morgan fingerprint density at radius 2 is 1.39 bits per heavy atom. The van der Waals surface area contributed by atoms with Gasteiger partial charge in [0.2, 0.25) is 0 Å². The van der Waals surface area contributed by atoms with Crippen molar-refractivity contribution in [2.24, 2.45) is 0 Å². The quantitative estimate of drug-likeness (QED) is 0.279. The van der Waals surface area contributed by atoms with E-state index in [1.165, 1.54) is 37.3 Å². The van der Waals surface area contributed by atoms with E-state index in [4.69, 9.17) is 14.2 Å². The Morgan fingerprint density at radius 1 is 0.788 bits per heavy atom. The zero-order valence-electron chi connectivity index (χ0n) is 18.2. The van der Waals surface area contributed by atoms with Crippen LogP contribution in [-0.4, -0.2) is 44.4 Å². The summed E-state index contributed by atoms with van der Waals surface area (Å²) in [6.45, 7) is 0.529. The molecule has 0 spiro atoms. The molecule has 0 saturated heterocycles. The first-order valence-corrected chi connectivity index (χ1v) is 11.0. The molecule has 0 atom stereocenters. The van der Waals surface area contributed by atoms with Crippen molar-refractivity contribution in [1.82, 2.24) is 0 Å². The highest BCUT2D eigenvalue weighted by Crippen LogP contribution is 2.20. The van der Waals surface area contributed by atoms with Gasteiger partial charge in [0.1, 0.15) is 5.75 Å². The molecule has 0 fully saturated rings. The predicted molar refractivity (Wildman–Crippen MR) is 126 cm³/mol. The average Bonchev–Trinajstić information content (AvgIpc) is 2.86. The second-order valence-electron chi connectivity index (χ2n) is 6.77. The van der Waals surface area contributed by atoms with E-state index in [0.717, 1.165) is 5.75 Å². The van der Waals surface area contributed by atoms with Crippen LogP contribution in [-0.2, 0) is 9.47 Å². The molecule has 0 aliphatic rings. The molecule has 1 N–H and O–H groups in total. The molecule has 0 aliphatic heterocycles. The number of esters is 2. The number of benzene rings is 3. The van der Waals surface area contributed by atoms with Gasteiger partial charge in [-0.05, 0) is 54.6 Å². The van der Waals surface area contributed by atoms with Crippen molar-refractivity contribution in [1.29, 1.82) is 0 Å². The third-order valence-electron chi connectivity index (χ3n) is 4.51. The van der Waals surface area contributed by atoms with Gasteiger partial charge >= 0.3 is 11.9 Å². The lowest BCUT2D eigenvalue weighted by Gasteiger charge is -2.10. The number of carbonyl (C=O) groups excluding carboxylic acids is 3. The van der Waals surface area contributed by atoms with Crippen molar-refractivity contribution in [3.8, 4) is 5.75 Å². The molecule has 3 rings (SSSR count). The maximum atomic E-state index is 12.7. The van der Waals surface area contributed by atoms with Gasteiger partial charge in [-0.25, -0.2) is 9.59 Å². The van der Waals surface area contributed by atoms with E-state index in [1.54, 1.807) is 36.0 Å². The van der Waals surface area contributed by atoms with E-state index in [-0.39, 0.29) is 16.8 Å². The number of thioether (sulfide) groups is 1. The van der Waals surface area contributed by atoms with Crippen molar-refractivity contribution in [3.63, 3.8) is 0 Å². The van der Waals surface area contributed by atoms with Gasteiger partial charge in [-0.1, -0.05) is 18.2 Å². The lowest BCUT2D eigenvalue weighted by molar-refractivity contribution is 0.0599. The molecule has 170 valence electrons. The lowest BCUT2D eigenvalue weighted by Crippen LogP contribution is -2.14. The second kappa shape index (κ2) is 11.7. The molecule has 0 radical (unpaired) electrons. The first kappa shape index (κ1) is 23.9. The molecular weight excluding hydrogens is 442 g/mol. The van der Waals surface area contributed by atoms with Crippen LogP contribution < -0.4 is 10.1 Å². The monoisotopic (exact) mass is 465 g/mol. The van der Waals surface area contributed by atoms with E-state index in [2.05, 4.69) is 5.32 Å². The average molecular weight is 466 g/mol. The van der Waals surface area contributed by atoms with Crippen LogP contribution in [0.3, 0.4) is 0 Å². The van der Waals surface area contributed by atoms with Gasteiger partial charge in [0, 0.05) is 21.9 Å². The second-order valence-corrected chi connectivity index (χ2v) is 7.94. The smallest absolute Gasteiger partial charge is 0.337 e. The fourth-order valence-electron chi connectivity index (χ4n) is 2.91. The highest BCUT2D eigenvalue weighted by Gasteiger charge is 2.15. The van der Waals surface area contributed by atoms with Gasteiger partial charge in [0.15, 0.2) is 0 Å². The van der Waals surface area contributed by atoms with Crippen LogP contribution in [0.4, 0.5) is 5.69 Å². The van der Waals surface area contributed by atoms with E-state index in [0.29, 0.717) is 17.9 Å². The Labute approximate surface area is 196 Å². The van der Waals surface area contributed by atoms with Gasteiger partial charge in [0.05, 0.1) is 32.0 Å². The molecule has 0 aliphatic carbocycles. The van der Waals surface area contributed by atoms with Crippen molar-refractivity contribution in [2.45, 2.75) is 4.90 Å². The first-order valence-electron chi connectivity index (χ1n) is 10.0. The normalized spacial score (nSPS) is 10.2. The van der Waals surface area contributed by atoms with Crippen molar-refractivity contribution in [2.75, 3.05) is 31.9 Å². The van der Waals surface area contributed by atoms with Crippen LogP contribution in [0.2, 0.25) is 0 Å². The van der Waals surface area contributed by atoms with E-state index in [9.17, 15) is 14.4 Å². The topological polar surface area (TPSA) is 90.9 Å². The lowest BCUT2D eigenvalue weighted by atomic mass is 10.1. The van der Waals surface area contributed by atoms with Crippen molar-refractivity contribution < 1.29 is 28.6 Å². The van der Waals surface area contributed by atoms with Crippen LogP contribution >= 0.6 is 11.8 Å². The maximum absolute atomic E-state index is 12.7. The molecule has 0 saturated carbocycles. The van der Waals surface area contributed by atoms with Crippen molar-refractivity contribution in [3.05, 3.63) is 89.5 Å². The molecule has 7 nitrogen and oxygen atoms in total. The number of amides is 1. The highest BCUT2D eigenvalue weighted by atomic mass is 32.2. The number of carbonyl (C=O) groups is 3. The third kappa shape index (κ3) is 6.85. The van der Waals surface area contributed by atoms with Crippen LogP contribution in [0.5, 0.6) is 5.75 Å². The summed E-state index contributed by atoms with van der Waals surface area (Å²) in [5.41, 5.74) is 0.895. The molecule has 8 heteroatoms. The molecule has 3 aromatic rings. The minimum absolute atomic E-state index is 0.118. The Balaban J connectivity index is 1.60. The Hall–Kier alpha value is -3.78.